The Morgan fingerprint density at radius 2 is 2.22 bits per heavy atom. The molecule has 5 heteroatoms. The van der Waals surface area contributed by atoms with Gasteiger partial charge in [-0.05, 0) is 37.5 Å². The molecule has 1 fully saturated rings. The molecule has 122 valence electrons. The summed E-state index contributed by atoms with van der Waals surface area (Å²) in [6.45, 7) is 3.73. The van der Waals surface area contributed by atoms with Crippen LogP contribution in [0.5, 0.6) is 0 Å². The van der Waals surface area contributed by atoms with Gasteiger partial charge in [0, 0.05) is 18.2 Å². The molecule has 1 aliphatic rings. The summed E-state index contributed by atoms with van der Waals surface area (Å²) in [4.78, 5) is 16.5. The van der Waals surface area contributed by atoms with Crippen LogP contribution in [-0.2, 0) is 11.3 Å². The lowest BCUT2D eigenvalue weighted by Crippen LogP contribution is -2.37. The largest absolute Gasteiger partial charge is 0.357 e. The molecule has 0 atom stereocenters. The molecule has 0 radical (unpaired) electrons. The zero-order valence-electron chi connectivity index (χ0n) is 13.6. The average molecular weight is 312 g/mol. The molecule has 3 N–H and O–H groups in total. The fraction of sp³-hybridized carbons (Fsp3) is 0.444. The normalized spacial score (nSPS) is 14.5. The predicted molar refractivity (Wildman–Crippen MR) is 94.1 cm³/mol. The lowest BCUT2D eigenvalue weighted by Gasteiger charge is -2.24. The van der Waals surface area contributed by atoms with Gasteiger partial charge in [0.05, 0.1) is 13.1 Å². The second kappa shape index (κ2) is 8.84. The molecule has 0 bridgehead atoms. The maximum atomic E-state index is 12.0. The van der Waals surface area contributed by atoms with E-state index in [0.29, 0.717) is 19.0 Å². The van der Waals surface area contributed by atoms with Gasteiger partial charge in [0.2, 0.25) is 5.91 Å². The van der Waals surface area contributed by atoms with E-state index in [1.54, 1.807) is 0 Å². The molecule has 1 saturated carbocycles. The van der Waals surface area contributed by atoms with Crippen LogP contribution in [0, 0.1) is 18.3 Å². The standard InChI is InChI=1S/C18H24N4O/c1-3-11-20-18(19-4-2)21-13-14-7-5-10-16(12-14)22-17(23)15-8-6-9-15/h1,5,7,10,12,15H,4,6,8-9,11,13H2,2H3,(H,22,23)(H2,19,20,21). The first-order valence-corrected chi connectivity index (χ1v) is 8.08. The van der Waals surface area contributed by atoms with Crippen molar-refractivity contribution in [2.24, 2.45) is 10.9 Å². The number of guanidine groups is 1. The summed E-state index contributed by atoms with van der Waals surface area (Å²) in [6, 6.07) is 7.80. The molecular weight excluding hydrogens is 288 g/mol. The molecule has 5 nitrogen and oxygen atoms in total. The van der Waals surface area contributed by atoms with Crippen LogP contribution in [0.15, 0.2) is 29.3 Å². The van der Waals surface area contributed by atoms with Crippen LogP contribution in [0.2, 0.25) is 0 Å². The molecule has 2 rings (SSSR count). The van der Waals surface area contributed by atoms with E-state index in [9.17, 15) is 4.79 Å². The molecular formula is C18H24N4O. The number of carbonyl (C=O) groups excluding carboxylic acids is 1. The topological polar surface area (TPSA) is 65.5 Å². The summed E-state index contributed by atoms with van der Waals surface area (Å²) in [5, 5.41) is 9.17. The van der Waals surface area contributed by atoms with Gasteiger partial charge in [-0.15, -0.1) is 6.42 Å². The van der Waals surface area contributed by atoms with Crippen LogP contribution in [0.25, 0.3) is 0 Å². The Morgan fingerprint density at radius 3 is 2.87 bits per heavy atom. The molecule has 1 amide bonds. The number of benzene rings is 1. The predicted octanol–water partition coefficient (Wildman–Crippen LogP) is 2.11. The summed E-state index contributed by atoms with van der Waals surface area (Å²) >= 11 is 0. The summed E-state index contributed by atoms with van der Waals surface area (Å²) in [5.41, 5.74) is 1.87. The zero-order valence-corrected chi connectivity index (χ0v) is 13.6. The van der Waals surface area contributed by atoms with E-state index in [4.69, 9.17) is 6.42 Å². The van der Waals surface area contributed by atoms with E-state index in [1.807, 2.05) is 31.2 Å². The van der Waals surface area contributed by atoms with Gasteiger partial charge < -0.3 is 16.0 Å². The maximum Gasteiger partial charge on any atom is 0.227 e. The van der Waals surface area contributed by atoms with E-state index in [-0.39, 0.29) is 11.8 Å². The van der Waals surface area contributed by atoms with Gasteiger partial charge in [0.1, 0.15) is 0 Å². The monoisotopic (exact) mass is 312 g/mol. The Labute approximate surface area is 138 Å². The maximum absolute atomic E-state index is 12.0. The van der Waals surface area contributed by atoms with Gasteiger partial charge in [0.25, 0.3) is 0 Å². The molecule has 1 aromatic carbocycles. The number of nitrogens with zero attached hydrogens (tertiary/aromatic N) is 1. The van der Waals surface area contributed by atoms with E-state index in [1.165, 1.54) is 0 Å². The third-order valence-corrected chi connectivity index (χ3v) is 3.79. The lowest BCUT2D eigenvalue weighted by atomic mass is 9.85. The van der Waals surface area contributed by atoms with Crippen molar-refractivity contribution in [1.29, 1.82) is 0 Å². The Balaban J connectivity index is 1.95. The van der Waals surface area contributed by atoms with Crippen LogP contribution < -0.4 is 16.0 Å². The number of rotatable bonds is 6. The van der Waals surface area contributed by atoms with Crippen molar-refractivity contribution in [3.05, 3.63) is 29.8 Å². The third-order valence-electron chi connectivity index (χ3n) is 3.79. The van der Waals surface area contributed by atoms with Crippen molar-refractivity contribution in [2.45, 2.75) is 32.7 Å². The van der Waals surface area contributed by atoms with Crippen molar-refractivity contribution < 1.29 is 4.79 Å². The number of amides is 1. The number of terminal acetylenes is 1. The molecule has 23 heavy (non-hydrogen) atoms. The van der Waals surface area contributed by atoms with E-state index in [0.717, 1.165) is 37.1 Å². The first kappa shape index (κ1) is 16.9. The first-order valence-electron chi connectivity index (χ1n) is 8.08. The number of carbonyl (C=O) groups is 1. The fourth-order valence-electron chi connectivity index (χ4n) is 2.31. The quantitative estimate of drug-likeness (QED) is 0.428. The highest BCUT2D eigenvalue weighted by atomic mass is 16.1. The highest BCUT2D eigenvalue weighted by Crippen LogP contribution is 2.27. The average Bonchev–Trinajstić information content (AvgIpc) is 2.48. The van der Waals surface area contributed by atoms with Crippen LogP contribution in [0.3, 0.4) is 0 Å². The minimum absolute atomic E-state index is 0.126. The number of hydrogen-bond donors (Lipinski definition) is 3. The molecule has 0 spiro atoms. The Kier molecular flexibility index (Phi) is 6.49. The van der Waals surface area contributed by atoms with Gasteiger partial charge in [-0.25, -0.2) is 4.99 Å². The minimum atomic E-state index is 0.126. The summed E-state index contributed by atoms with van der Waals surface area (Å²) in [5.74, 6) is 3.53. The van der Waals surface area contributed by atoms with Crippen molar-refractivity contribution >= 4 is 17.6 Å². The van der Waals surface area contributed by atoms with Gasteiger partial charge >= 0.3 is 0 Å². The van der Waals surface area contributed by atoms with Gasteiger partial charge in [0.15, 0.2) is 5.96 Å². The molecule has 0 aliphatic heterocycles. The smallest absolute Gasteiger partial charge is 0.227 e. The molecule has 0 aromatic heterocycles. The minimum Gasteiger partial charge on any atom is -0.357 e. The molecule has 0 saturated heterocycles. The number of aliphatic imine (C=N–C) groups is 1. The summed E-state index contributed by atoms with van der Waals surface area (Å²) in [6.07, 6.45) is 8.41. The van der Waals surface area contributed by atoms with Crippen molar-refractivity contribution in [3.63, 3.8) is 0 Å². The highest BCUT2D eigenvalue weighted by molar-refractivity contribution is 5.93. The van der Waals surface area contributed by atoms with E-state index < -0.39 is 0 Å². The number of nitrogens with one attached hydrogen (secondary N) is 3. The SMILES string of the molecule is C#CCNC(=NCc1cccc(NC(=O)C2CCC2)c1)NCC. The van der Waals surface area contributed by atoms with Gasteiger partial charge in [-0.2, -0.15) is 0 Å². The van der Waals surface area contributed by atoms with Crippen molar-refractivity contribution in [2.75, 3.05) is 18.4 Å². The first-order chi connectivity index (χ1) is 11.2. The summed E-state index contributed by atoms with van der Waals surface area (Å²) < 4.78 is 0. The zero-order chi connectivity index (χ0) is 16.5. The highest BCUT2D eigenvalue weighted by Gasteiger charge is 2.25. The molecule has 1 aliphatic carbocycles. The van der Waals surface area contributed by atoms with Gasteiger partial charge in [-0.3, -0.25) is 4.79 Å². The number of hydrogen-bond acceptors (Lipinski definition) is 2. The summed E-state index contributed by atoms with van der Waals surface area (Å²) in [7, 11) is 0. The van der Waals surface area contributed by atoms with Crippen molar-refractivity contribution in [1.82, 2.24) is 10.6 Å². The van der Waals surface area contributed by atoms with Crippen molar-refractivity contribution in [3.8, 4) is 12.3 Å². The van der Waals surface area contributed by atoms with E-state index in [2.05, 4.69) is 26.9 Å². The Morgan fingerprint density at radius 1 is 1.39 bits per heavy atom. The van der Waals surface area contributed by atoms with E-state index >= 15 is 0 Å². The Hall–Kier alpha value is -2.48. The molecule has 0 unspecified atom stereocenters. The lowest BCUT2D eigenvalue weighted by molar-refractivity contribution is -0.122. The van der Waals surface area contributed by atoms with Crippen LogP contribution >= 0.6 is 0 Å². The fourth-order valence-corrected chi connectivity index (χ4v) is 2.31. The van der Waals surface area contributed by atoms with Crippen LogP contribution in [0.1, 0.15) is 31.7 Å². The molecule has 1 aromatic rings. The number of anilines is 1. The Bertz CT molecular complexity index is 599. The van der Waals surface area contributed by atoms with Gasteiger partial charge in [-0.1, -0.05) is 24.5 Å². The van der Waals surface area contributed by atoms with Crippen LogP contribution in [-0.4, -0.2) is 25.0 Å². The third kappa shape index (κ3) is 5.33. The second-order valence-electron chi connectivity index (χ2n) is 5.57. The second-order valence-corrected chi connectivity index (χ2v) is 5.57. The molecule has 0 heterocycles. The van der Waals surface area contributed by atoms with Crippen LogP contribution in [0.4, 0.5) is 5.69 Å².